The molecule has 4 heterocycles. The zero-order chi connectivity index (χ0) is 26.2. The number of piperidine rings is 1. The second-order valence-corrected chi connectivity index (χ2v) is 12.0. The number of anilines is 3. The molecule has 3 aromatic heterocycles. The number of nitrogens with zero attached hydrogens (tertiary/aromatic N) is 6. The minimum absolute atomic E-state index is 0.220. The molecule has 0 spiro atoms. The Labute approximate surface area is 220 Å². The molecule has 9 nitrogen and oxygen atoms in total. The van der Waals surface area contributed by atoms with Gasteiger partial charge in [-0.3, -0.25) is 0 Å². The van der Waals surface area contributed by atoms with E-state index in [1.165, 1.54) is 29.7 Å². The van der Waals surface area contributed by atoms with Gasteiger partial charge in [0.1, 0.15) is 11.6 Å². The summed E-state index contributed by atoms with van der Waals surface area (Å²) in [4.78, 5) is 13.8. The summed E-state index contributed by atoms with van der Waals surface area (Å²) in [6.45, 7) is 4.09. The predicted molar refractivity (Wildman–Crippen MR) is 146 cm³/mol. The van der Waals surface area contributed by atoms with Crippen molar-refractivity contribution in [3.05, 3.63) is 53.3 Å². The molecule has 5 rings (SSSR count). The van der Waals surface area contributed by atoms with Gasteiger partial charge >= 0.3 is 0 Å². The van der Waals surface area contributed by atoms with Gasteiger partial charge < -0.3 is 9.80 Å². The molecular formula is C25H30FN7O2S2. The number of imidazole rings is 1. The number of halogens is 1. The van der Waals surface area contributed by atoms with Crippen molar-refractivity contribution >= 4 is 43.8 Å². The molecule has 37 heavy (non-hydrogen) atoms. The molecule has 1 unspecified atom stereocenters. The van der Waals surface area contributed by atoms with Gasteiger partial charge in [0.25, 0.3) is 0 Å². The summed E-state index contributed by atoms with van der Waals surface area (Å²) in [5.74, 6) is 1.63. The SMILES string of the molecule is CCc1nc2ccc(N3CCCC(CNS(C)(=O)=O)C3)nn2c1N(C)c1nc(-c2ccc(F)cc2)cs1. The maximum Gasteiger partial charge on any atom is 0.208 e. The summed E-state index contributed by atoms with van der Waals surface area (Å²) >= 11 is 1.51. The second-order valence-electron chi connectivity index (χ2n) is 9.35. The third kappa shape index (κ3) is 5.60. The van der Waals surface area contributed by atoms with Crippen LogP contribution in [0.2, 0.25) is 0 Å². The Kier molecular flexibility index (Phi) is 7.15. The number of nitrogens with one attached hydrogen (secondary N) is 1. The third-order valence-electron chi connectivity index (χ3n) is 6.56. The van der Waals surface area contributed by atoms with E-state index in [2.05, 4.69) is 16.5 Å². The largest absolute Gasteiger partial charge is 0.355 e. The molecule has 12 heteroatoms. The smallest absolute Gasteiger partial charge is 0.208 e. The predicted octanol–water partition coefficient (Wildman–Crippen LogP) is 4.09. The van der Waals surface area contributed by atoms with E-state index in [1.54, 1.807) is 12.1 Å². The standard InChI is InChI=1S/C25H30FN7O2S2/c1-4-20-24(31(2)25-29-21(16-36-25)18-7-9-19(26)10-8-18)33-22(28-20)11-12-23(30-33)32-13-5-6-17(15-32)14-27-37(3,34)35/h7-12,16-17,27H,4-6,13-15H2,1-3H3. The molecule has 0 amide bonds. The van der Waals surface area contributed by atoms with Crippen LogP contribution < -0.4 is 14.5 Å². The van der Waals surface area contributed by atoms with E-state index >= 15 is 0 Å². The molecule has 1 aliphatic heterocycles. The highest BCUT2D eigenvalue weighted by Gasteiger charge is 2.24. The highest BCUT2D eigenvalue weighted by molar-refractivity contribution is 7.88. The van der Waals surface area contributed by atoms with Gasteiger partial charge in [-0.25, -0.2) is 27.5 Å². The van der Waals surface area contributed by atoms with E-state index in [1.807, 2.05) is 34.0 Å². The number of aryl methyl sites for hydroxylation is 1. The maximum atomic E-state index is 13.4. The van der Waals surface area contributed by atoms with Crippen LogP contribution in [0, 0.1) is 11.7 Å². The quantitative estimate of drug-likeness (QED) is 0.358. The average molecular weight is 544 g/mol. The van der Waals surface area contributed by atoms with Crippen LogP contribution in [0.4, 0.5) is 21.2 Å². The van der Waals surface area contributed by atoms with Crippen LogP contribution in [-0.4, -0.2) is 60.9 Å². The number of fused-ring (bicyclic) bond motifs is 1. The van der Waals surface area contributed by atoms with Crippen molar-refractivity contribution in [3.63, 3.8) is 0 Å². The summed E-state index contributed by atoms with van der Waals surface area (Å²) in [5.41, 5.74) is 3.32. The van der Waals surface area contributed by atoms with Crippen LogP contribution in [0.25, 0.3) is 16.9 Å². The van der Waals surface area contributed by atoms with Crippen LogP contribution in [0.15, 0.2) is 41.8 Å². The van der Waals surface area contributed by atoms with Gasteiger partial charge in [0, 0.05) is 37.6 Å². The van der Waals surface area contributed by atoms with Crippen LogP contribution in [0.3, 0.4) is 0 Å². The lowest BCUT2D eigenvalue weighted by atomic mass is 9.98. The van der Waals surface area contributed by atoms with Crippen molar-refractivity contribution in [1.82, 2.24) is 24.3 Å². The molecule has 0 bridgehead atoms. The summed E-state index contributed by atoms with van der Waals surface area (Å²) in [6.07, 6.45) is 3.87. The lowest BCUT2D eigenvalue weighted by Crippen LogP contribution is -2.41. The van der Waals surface area contributed by atoms with Gasteiger partial charge in [-0.15, -0.1) is 16.4 Å². The van der Waals surface area contributed by atoms with Crippen LogP contribution in [0.5, 0.6) is 0 Å². The molecule has 1 aromatic carbocycles. The van der Waals surface area contributed by atoms with Crippen molar-refractivity contribution in [2.75, 3.05) is 42.7 Å². The first-order valence-corrected chi connectivity index (χ1v) is 15.0. The van der Waals surface area contributed by atoms with Crippen molar-refractivity contribution in [1.29, 1.82) is 0 Å². The average Bonchev–Trinajstić information content (AvgIpc) is 3.52. The van der Waals surface area contributed by atoms with E-state index in [0.717, 1.165) is 71.7 Å². The summed E-state index contributed by atoms with van der Waals surface area (Å²) < 4.78 is 41.0. The van der Waals surface area contributed by atoms with E-state index in [0.29, 0.717) is 6.54 Å². The topological polar surface area (TPSA) is 95.7 Å². The number of sulfonamides is 1. The molecule has 1 fully saturated rings. The number of benzene rings is 1. The molecule has 1 atom stereocenters. The van der Waals surface area contributed by atoms with Crippen molar-refractivity contribution in [3.8, 4) is 11.3 Å². The third-order valence-corrected chi connectivity index (χ3v) is 8.17. The molecular weight excluding hydrogens is 513 g/mol. The summed E-state index contributed by atoms with van der Waals surface area (Å²) in [6, 6.07) is 10.3. The number of rotatable bonds is 8. The van der Waals surface area contributed by atoms with Gasteiger partial charge in [0.05, 0.1) is 17.6 Å². The van der Waals surface area contributed by atoms with E-state index < -0.39 is 10.0 Å². The Morgan fingerprint density at radius 2 is 1.97 bits per heavy atom. The molecule has 196 valence electrons. The Morgan fingerprint density at radius 1 is 1.19 bits per heavy atom. The minimum Gasteiger partial charge on any atom is -0.355 e. The molecule has 0 saturated carbocycles. The molecule has 1 N–H and O–H groups in total. The van der Waals surface area contributed by atoms with E-state index in [4.69, 9.17) is 15.1 Å². The summed E-state index contributed by atoms with van der Waals surface area (Å²) in [7, 11) is -1.26. The Balaban J connectivity index is 1.43. The Hall–Kier alpha value is -3.09. The van der Waals surface area contributed by atoms with E-state index in [-0.39, 0.29) is 11.7 Å². The molecule has 0 radical (unpaired) electrons. The zero-order valence-electron chi connectivity index (χ0n) is 21.1. The zero-order valence-corrected chi connectivity index (χ0v) is 22.7. The maximum absolute atomic E-state index is 13.4. The van der Waals surface area contributed by atoms with E-state index in [9.17, 15) is 12.8 Å². The summed E-state index contributed by atoms with van der Waals surface area (Å²) in [5, 5.41) is 7.72. The minimum atomic E-state index is -3.22. The Morgan fingerprint density at radius 3 is 2.70 bits per heavy atom. The first-order chi connectivity index (χ1) is 17.7. The normalized spacial score (nSPS) is 16.4. The van der Waals surface area contributed by atoms with Crippen LogP contribution in [0.1, 0.15) is 25.5 Å². The monoisotopic (exact) mass is 543 g/mol. The van der Waals surface area contributed by atoms with Gasteiger partial charge in [0.2, 0.25) is 10.0 Å². The van der Waals surface area contributed by atoms with Gasteiger partial charge in [-0.05, 0) is 61.6 Å². The number of aromatic nitrogens is 4. The van der Waals surface area contributed by atoms with Gasteiger partial charge in [-0.1, -0.05) is 6.92 Å². The van der Waals surface area contributed by atoms with Crippen molar-refractivity contribution < 1.29 is 12.8 Å². The van der Waals surface area contributed by atoms with Crippen LogP contribution >= 0.6 is 11.3 Å². The fourth-order valence-corrected chi connectivity index (χ4v) is 6.01. The fraction of sp³-hybridized carbons (Fsp3) is 0.400. The number of thiazole rings is 1. The fourth-order valence-electron chi connectivity index (χ4n) is 4.67. The molecule has 1 saturated heterocycles. The first kappa shape index (κ1) is 25.6. The second kappa shape index (κ2) is 10.3. The molecule has 4 aromatic rings. The van der Waals surface area contributed by atoms with Gasteiger partial charge in [0.15, 0.2) is 16.6 Å². The highest BCUT2D eigenvalue weighted by atomic mass is 32.2. The number of hydrogen-bond donors (Lipinski definition) is 1. The number of hydrogen-bond acceptors (Lipinski definition) is 8. The lowest BCUT2D eigenvalue weighted by Gasteiger charge is -2.33. The van der Waals surface area contributed by atoms with Crippen molar-refractivity contribution in [2.24, 2.45) is 5.92 Å². The van der Waals surface area contributed by atoms with Crippen LogP contribution in [-0.2, 0) is 16.4 Å². The van der Waals surface area contributed by atoms with Gasteiger partial charge in [-0.2, -0.15) is 4.52 Å². The molecule has 1 aliphatic rings. The highest BCUT2D eigenvalue weighted by Crippen LogP contribution is 2.34. The first-order valence-electron chi connectivity index (χ1n) is 12.2. The van der Waals surface area contributed by atoms with Crippen molar-refractivity contribution in [2.45, 2.75) is 26.2 Å². The lowest BCUT2D eigenvalue weighted by molar-refractivity contribution is 0.409. The molecule has 0 aliphatic carbocycles. The Bertz CT molecular complexity index is 1500.